The lowest BCUT2D eigenvalue weighted by Gasteiger charge is -2.30. The maximum Gasteiger partial charge on any atom is 0.242 e. The molecule has 0 aromatic heterocycles. The summed E-state index contributed by atoms with van der Waals surface area (Å²) in [6.07, 6.45) is -0.106. The zero-order valence-electron chi connectivity index (χ0n) is 11.8. The van der Waals surface area contributed by atoms with Crippen LogP contribution in [0.2, 0.25) is 0 Å². The molecule has 0 spiro atoms. The highest BCUT2D eigenvalue weighted by Gasteiger charge is 2.22. The summed E-state index contributed by atoms with van der Waals surface area (Å²) in [5.74, 6) is 0. The molecule has 1 aliphatic rings. The van der Waals surface area contributed by atoms with Gasteiger partial charge in [-0.05, 0) is 19.2 Å². The van der Waals surface area contributed by atoms with Crippen LogP contribution in [0.25, 0.3) is 0 Å². The normalized spacial score (nSPS) is 20.8. The van der Waals surface area contributed by atoms with Crippen LogP contribution in [0.5, 0.6) is 0 Å². The van der Waals surface area contributed by atoms with E-state index in [2.05, 4.69) is 14.9 Å². The third kappa shape index (κ3) is 3.69. The van der Waals surface area contributed by atoms with Crippen LogP contribution < -0.4 is 10.0 Å². The van der Waals surface area contributed by atoms with Crippen molar-refractivity contribution in [2.75, 3.05) is 45.7 Å². The van der Waals surface area contributed by atoms with Gasteiger partial charge in [0, 0.05) is 26.7 Å². The van der Waals surface area contributed by atoms with E-state index in [4.69, 9.17) is 4.74 Å². The summed E-state index contributed by atoms with van der Waals surface area (Å²) in [5.41, 5.74) is 0.585. The Hall–Kier alpha value is -1.15. The SMILES string of the molecule is CNc1ccccc1S(=O)(=O)NCC1CN(C)CCO1. The molecule has 1 unspecified atom stereocenters. The van der Waals surface area contributed by atoms with Crippen molar-refractivity contribution in [2.24, 2.45) is 0 Å². The third-order valence-corrected chi connectivity index (χ3v) is 4.77. The summed E-state index contributed by atoms with van der Waals surface area (Å²) < 4.78 is 32.8. The molecule has 2 rings (SSSR count). The van der Waals surface area contributed by atoms with E-state index in [1.54, 1.807) is 31.3 Å². The molecule has 1 aromatic carbocycles. The van der Waals surface area contributed by atoms with Gasteiger partial charge in [0.1, 0.15) is 4.90 Å². The number of benzene rings is 1. The van der Waals surface area contributed by atoms with E-state index in [9.17, 15) is 8.42 Å². The van der Waals surface area contributed by atoms with Crippen LogP contribution in [0.4, 0.5) is 5.69 Å². The predicted molar refractivity (Wildman–Crippen MR) is 78.4 cm³/mol. The molecule has 1 aliphatic heterocycles. The summed E-state index contributed by atoms with van der Waals surface area (Å²) in [7, 11) is 0.171. The quantitative estimate of drug-likeness (QED) is 0.820. The molecule has 1 saturated heterocycles. The molecular weight excluding hydrogens is 278 g/mol. The van der Waals surface area contributed by atoms with Gasteiger partial charge in [0.25, 0.3) is 0 Å². The van der Waals surface area contributed by atoms with Gasteiger partial charge >= 0.3 is 0 Å². The maximum absolute atomic E-state index is 12.3. The Kier molecular flexibility index (Phi) is 4.98. The van der Waals surface area contributed by atoms with E-state index in [1.807, 2.05) is 7.05 Å². The van der Waals surface area contributed by atoms with Crippen molar-refractivity contribution in [1.82, 2.24) is 9.62 Å². The van der Waals surface area contributed by atoms with Crippen molar-refractivity contribution in [3.8, 4) is 0 Å². The monoisotopic (exact) mass is 299 g/mol. The largest absolute Gasteiger partial charge is 0.387 e. The standard InChI is InChI=1S/C13H21N3O3S/c1-14-12-5-3-4-6-13(12)20(17,18)15-9-11-10-16(2)7-8-19-11/h3-6,11,14-15H,7-10H2,1-2H3. The molecule has 0 bridgehead atoms. The molecule has 0 saturated carbocycles. The number of sulfonamides is 1. The Balaban J connectivity index is 2.04. The lowest BCUT2D eigenvalue weighted by Crippen LogP contribution is -2.45. The van der Waals surface area contributed by atoms with E-state index in [0.29, 0.717) is 12.3 Å². The average molecular weight is 299 g/mol. The number of nitrogens with one attached hydrogen (secondary N) is 2. The fourth-order valence-corrected chi connectivity index (χ4v) is 3.46. The highest BCUT2D eigenvalue weighted by Crippen LogP contribution is 2.19. The molecule has 0 amide bonds. The number of nitrogens with zero attached hydrogens (tertiary/aromatic N) is 1. The fourth-order valence-electron chi connectivity index (χ4n) is 2.18. The molecule has 20 heavy (non-hydrogen) atoms. The molecule has 112 valence electrons. The Bertz CT molecular complexity index is 548. The predicted octanol–water partition coefficient (Wildman–Crippen LogP) is 0.337. The summed E-state index contributed by atoms with van der Waals surface area (Å²) in [4.78, 5) is 2.39. The van der Waals surface area contributed by atoms with Crippen LogP contribution in [0.3, 0.4) is 0 Å². The van der Waals surface area contributed by atoms with Crippen LogP contribution in [-0.4, -0.2) is 59.8 Å². The minimum Gasteiger partial charge on any atom is -0.387 e. The topological polar surface area (TPSA) is 70.7 Å². The molecule has 0 radical (unpaired) electrons. The van der Waals surface area contributed by atoms with Gasteiger partial charge in [-0.2, -0.15) is 0 Å². The second-order valence-corrected chi connectivity index (χ2v) is 6.59. The van der Waals surface area contributed by atoms with Gasteiger partial charge in [0.05, 0.1) is 18.4 Å². The van der Waals surface area contributed by atoms with E-state index in [-0.39, 0.29) is 17.5 Å². The smallest absolute Gasteiger partial charge is 0.242 e. The van der Waals surface area contributed by atoms with Crippen molar-refractivity contribution >= 4 is 15.7 Å². The van der Waals surface area contributed by atoms with E-state index < -0.39 is 10.0 Å². The van der Waals surface area contributed by atoms with Gasteiger partial charge in [0.15, 0.2) is 0 Å². The molecular formula is C13H21N3O3S. The molecule has 1 heterocycles. The van der Waals surface area contributed by atoms with Gasteiger partial charge in [-0.1, -0.05) is 12.1 Å². The fraction of sp³-hybridized carbons (Fsp3) is 0.538. The van der Waals surface area contributed by atoms with Gasteiger partial charge in [-0.15, -0.1) is 0 Å². The minimum absolute atomic E-state index is 0.106. The second kappa shape index (κ2) is 6.53. The summed E-state index contributed by atoms with van der Waals surface area (Å²) in [6, 6.07) is 6.83. The van der Waals surface area contributed by atoms with E-state index >= 15 is 0 Å². The minimum atomic E-state index is -3.53. The Morgan fingerprint density at radius 3 is 2.85 bits per heavy atom. The Labute approximate surface area is 120 Å². The van der Waals surface area contributed by atoms with Gasteiger partial charge in [0.2, 0.25) is 10.0 Å². The van der Waals surface area contributed by atoms with Crippen molar-refractivity contribution in [3.05, 3.63) is 24.3 Å². The van der Waals surface area contributed by atoms with Gasteiger partial charge < -0.3 is 15.0 Å². The van der Waals surface area contributed by atoms with Crippen molar-refractivity contribution in [2.45, 2.75) is 11.0 Å². The van der Waals surface area contributed by atoms with Crippen LogP contribution in [-0.2, 0) is 14.8 Å². The van der Waals surface area contributed by atoms with E-state index in [0.717, 1.165) is 13.1 Å². The number of rotatable bonds is 5. The summed E-state index contributed by atoms with van der Waals surface area (Å²) >= 11 is 0. The maximum atomic E-state index is 12.3. The van der Waals surface area contributed by atoms with Crippen LogP contribution in [0.1, 0.15) is 0 Å². The number of anilines is 1. The lowest BCUT2D eigenvalue weighted by atomic mass is 10.3. The number of morpholine rings is 1. The number of likely N-dealkylation sites (N-methyl/N-ethyl adjacent to an activating group) is 1. The first-order valence-electron chi connectivity index (χ1n) is 6.59. The lowest BCUT2D eigenvalue weighted by molar-refractivity contribution is -0.0156. The van der Waals surface area contributed by atoms with E-state index in [1.165, 1.54) is 0 Å². The molecule has 1 aromatic rings. The molecule has 1 fully saturated rings. The van der Waals surface area contributed by atoms with Crippen molar-refractivity contribution < 1.29 is 13.2 Å². The Morgan fingerprint density at radius 2 is 2.15 bits per heavy atom. The van der Waals surface area contributed by atoms with Crippen molar-refractivity contribution in [1.29, 1.82) is 0 Å². The highest BCUT2D eigenvalue weighted by atomic mass is 32.2. The third-order valence-electron chi connectivity index (χ3n) is 3.29. The van der Waals surface area contributed by atoms with Crippen molar-refractivity contribution in [3.63, 3.8) is 0 Å². The van der Waals surface area contributed by atoms with Crippen LogP contribution >= 0.6 is 0 Å². The number of para-hydroxylation sites is 1. The zero-order chi connectivity index (χ0) is 14.6. The average Bonchev–Trinajstić information content (AvgIpc) is 2.45. The van der Waals surface area contributed by atoms with Crippen LogP contribution in [0.15, 0.2) is 29.2 Å². The first kappa shape index (κ1) is 15.2. The zero-order valence-corrected chi connectivity index (χ0v) is 12.6. The molecule has 2 N–H and O–H groups in total. The number of ether oxygens (including phenoxy) is 1. The summed E-state index contributed by atoms with van der Waals surface area (Å²) in [5, 5.41) is 2.89. The molecule has 6 nitrogen and oxygen atoms in total. The molecule has 1 atom stereocenters. The molecule has 7 heteroatoms. The second-order valence-electron chi connectivity index (χ2n) is 4.85. The molecule has 0 aliphatic carbocycles. The first-order valence-corrected chi connectivity index (χ1v) is 8.08. The highest BCUT2D eigenvalue weighted by molar-refractivity contribution is 7.89. The summed E-state index contributed by atoms with van der Waals surface area (Å²) in [6.45, 7) is 2.53. The van der Waals surface area contributed by atoms with Gasteiger partial charge in [-0.25, -0.2) is 13.1 Å². The van der Waals surface area contributed by atoms with Crippen LogP contribution in [0, 0.1) is 0 Å². The number of hydrogen-bond acceptors (Lipinski definition) is 5. The number of hydrogen-bond donors (Lipinski definition) is 2. The first-order chi connectivity index (χ1) is 9.53. The Morgan fingerprint density at radius 1 is 1.40 bits per heavy atom. The van der Waals surface area contributed by atoms with Gasteiger partial charge in [-0.3, -0.25) is 0 Å².